The van der Waals surface area contributed by atoms with E-state index in [1.165, 1.54) is 12.1 Å². The van der Waals surface area contributed by atoms with Gasteiger partial charge in [-0.2, -0.15) is 4.72 Å². The quantitative estimate of drug-likeness (QED) is 0.826. The third-order valence-electron chi connectivity index (χ3n) is 4.75. The second-order valence-electron chi connectivity index (χ2n) is 6.63. The Hall–Kier alpha value is -2.38. The second-order valence-corrected chi connectivity index (χ2v) is 8.34. The summed E-state index contributed by atoms with van der Waals surface area (Å²) in [4.78, 5) is 14.5. The van der Waals surface area contributed by atoms with E-state index in [4.69, 9.17) is 4.74 Å². The number of rotatable bonds is 6. The number of nitrogens with one attached hydrogen (secondary N) is 1. The first kappa shape index (κ1) is 19.4. The molecule has 3 rings (SSSR count). The minimum atomic E-state index is -3.78. The predicted molar refractivity (Wildman–Crippen MR) is 105 cm³/mol. The zero-order valence-corrected chi connectivity index (χ0v) is 16.5. The number of hydrogen-bond acceptors (Lipinski definition) is 4. The van der Waals surface area contributed by atoms with Crippen LogP contribution in [0.3, 0.4) is 0 Å². The van der Waals surface area contributed by atoms with Gasteiger partial charge in [-0.15, -0.1) is 0 Å². The minimum absolute atomic E-state index is 0.114. The lowest BCUT2D eigenvalue weighted by molar-refractivity contribution is -0.118. The van der Waals surface area contributed by atoms with E-state index in [1.54, 1.807) is 17.0 Å². The maximum atomic E-state index is 12.7. The van der Waals surface area contributed by atoms with Crippen molar-refractivity contribution in [1.29, 1.82) is 0 Å². The smallest absolute Gasteiger partial charge is 0.245 e. The van der Waals surface area contributed by atoms with Gasteiger partial charge in [-0.25, -0.2) is 8.42 Å². The Morgan fingerprint density at radius 2 is 1.81 bits per heavy atom. The first-order valence-electron chi connectivity index (χ1n) is 8.95. The number of benzene rings is 2. The molecule has 0 aromatic heterocycles. The summed E-state index contributed by atoms with van der Waals surface area (Å²) in [5.74, 6) is 0.377. The van der Waals surface area contributed by atoms with E-state index in [2.05, 4.69) is 4.72 Å². The second kappa shape index (κ2) is 7.70. The summed E-state index contributed by atoms with van der Waals surface area (Å²) < 4.78 is 33.1. The lowest BCUT2D eigenvalue weighted by Crippen LogP contribution is -2.41. The Morgan fingerprint density at radius 3 is 2.44 bits per heavy atom. The van der Waals surface area contributed by atoms with Gasteiger partial charge in [0.1, 0.15) is 11.8 Å². The molecule has 6 nitrogen and oxygen atoms in total. The number of amides is 1. The molecule has 1 unspecified atom stereocenters. The van der Waals surface area contributed by atoms with Gasteiger partial charge in [-0.05, 0) is 74.7 Å². The summed E-state index contributed by atoms with van der Waals surface area (Å²) in [6.07, 6.45) is 0.433. The maximum absolute atomic E-state index is 12.7. The molecule has 0 aliphatic carbocycles. The van der Waals surface area contributed by atoms with E-state index in [1.807, 2.05) is 39.0 Å². The minimum Gasteiger partial charge on any atom is -0.494 e. The third kappa shape index (κ3) is 4.14. The van der Waals surface area contributed by atoms with Gasteiger partial charge in [0, 0.05) is 12.2 Å². The Bertz CT molecular complexity index is 939. The summed E-state index contributed by atoms with van der Waals surface area (Å²) in [5.41, 5.74) is 3.04. The number of hydrogen-bond donors (Lipinski definition) is 1. The third-order valence-corrected chi connectivity index (χ3v) is 6.24. The SMILES string of the molecule is CCOc1ccc(S(=O)(=O)NC2CCN(c3ccc(C)c(C)c3)C2=O)cc1. The molecule has 2 aromatic rings. The van der Waals surface area contributed by atoms with Crippen LogP contribution in [0.1, 0.15) is 24.5 Å². The molecular weight excluding hydrogens is 364 g/mol. The molecule has 7 heteroatoms. The number of carbonyl (C=O) groups is 1. The van der Waals surface area contributed by atoms with Crippen LogP contribution in [0.5, 0.6) is 5.75 Å². The van der Waals surface area contributed by atoms with Gasteiger partial charge < -0.3 is 9.64 Å². The van der Waals surface area contributed by atoms with Crippen molar-refractivity contribution in [3.63, 3.8) is 0 Å². The van der Waals surface area contributed by atoms with Gasteiger partial charge >= 0.3 is 0 Å². The molecule has 1 N–H and O–H groups in total. The molecule has 1 atom stereocenters. The first-order chi connectivity index (χ1) is 12.8. The van der Waals surface area contributed by atoms with Crippen molar-refractivity contribution in [1.82, 2.24) is 4.72 Å². The van der Waals surface area contributed by atoms with Gasteiger partial charge in [0.15, 0.2) is 0 Å². The van der Waals surface area contributed by atoms with E-state index in [9.17, 15) is 13.2 Å². The van der Waals surface area contributed by atoms with Crippen molar-refractivity contribution in [2.45, 2.75) is 38.1 Å². The van der Waals surface area contributed by atoms with Gasteiger partial charge in [0.2, 0.25) is 15.9 Å². The number of nitrogens with zero attached hydrogens (tertiary/aromatic N) is 1. The molecule has 1 aliphatic heterocycles. The standard InChI is InChI=1S/C20H24N2O4S/c1-4-26-17-7-9-18(10-8-17)27(24,25)21-19-11-12-22(20(19)23)16-6-5-14(2)15(3)13-16/h5-10,13,19,21H,4,11-12H2,1-3H3. The van der Waals surface area contributed by atoms with Crippen LogP contribution >= 0.6 is 0 Å². The predicted octanol–water partition coefficient (Wildman–Crippen LogP) is 2.79. The molecule has 0 saturated carbocycles. The lowest BCUT2D eigenvalue weighted by Gasteiger charge is -2.18. The van der Waals surface area contributed by atoms with Crippen molar-refractivity contribution < 1.29 is 17.9 Å². The van der Waals surface area contributed by atoms with Crippen LogP contribution < -0.4 is 14.4 Å². The largest absolute Gasteiger partial charge is 0.494 e. The molecule has 0 spiro atoms. The van der Waals surface area contributed by atoms with Crippen molar-refractivity contribution in [2.24, 2.45) is 0 Å². The van der Waals surface area contributed by atoms with Crippen LogP contribution in [0.4, 0.5) is 5.69 Å². The van der Waals surface area contributed by atoms with E-state index in [-0.39, 0.29) is 10.8 Å². The summed E-state index contributed by atoms with van der Waals surface area (Å²) in [6.45, 7) is 6.86. The van der Waals surface area contributed by atoms with Crippen molar-refractivity contribution in [3.8, 4) is 5.75 Å². The van der Waals surface area contributed by atoms with Crippen LogP contribution in [-0.2, 0) is 14.8 Å². The van der Waals surface area contributed by atoms with Gasteiger partial charge in [-0.3, -0.25) is 4.79 Å². The molecule has 0 radical (unpaired) electrons. The average Bonchev–Trinajstić information content (AvgIpc) is 2.98. The van der Waals surface area contributed by atoms with E-state index < -0.39 is 16.1 Å². The van der Waals surface area contributed by atoms with Crippen LogP contribution in [-0.4, -0.2) is 33.5 Å². The van der Waals surface area contributed by atoms with Crippen LogP contribution in [0.2, 0.25) is 0 Å². The van der Waals surface area contributed by atoms with Gasteiger partial charge in [0.05, 0.1) is 11.5 Å². The van der Waals surface area contributed by atoms with Gasteiger partial charge in [-0.1, -0.05) is 6.07 Å². The zero-order valence-electron chi connectivity index (χ0n) is 15.7. The van der Waals surface area contributed by atoms with E-state index in [0.717, 1.165) is 16.8 Å². The summed E-state index contributed by atoms with van der Waals surface area (Å²) >= 11 is 0. The number of carbonyl (C=O) groups excluding carboxylic acids is 1. The normalized spacial score (nSPS) is 17.4. The molecular formula is C20H24N2O4S. The monoisotopic (exact) mass is 388 g/mol. The molecule has 1 saturated heterocycles. The maximum Gasteiger partial charge on any atom is 0.245 e. The Morgan fingerprint density at radius 1 is 1.11 bits per heavy atom. The van der Waals surface area contributed by atoms with Crippen molar-refractivity contribution in [3.05, 3.63) is 53.6 Å². The molecule has 27 heavy (non-hydrogen) atoms. The van der Waals surface area contributed by atoms with Crippen molar-refractivity contribution >= 4 is 21.6 Å². The van der Waals surface area contributed by atoms with Crippen LogP contribution in [0, 0.1) is 13.8 Å². The average molecular weight is 388 g/mol. The fourth-order valence-electron chi connectivity index (χ4n) is 3.08. The van der Waals surface area contributed by atoms with Gasteiger partial charge in [0.25, 0.3) is 0 Å². The molecule has 144 valence electrons. The highest BCUT2D eigenvalue weighted by atomic mass is 32.2. The Balaban J connectivity index is 1.73. The molecule has 1 fully saturated rings. The topological polar surface area (TPSA) is 75.7 Å². The highest BCUT2D eigenvalue weighted by molar-refractivity contribution is 7.89. The molecule has 1 heterocycles. The molecule has 1 amide bonds. The lowest BCUT2D eigenvalue weighted by atomic mass is 10.1. The number of ether oxygens (including phenoxy) is 1. The fourth-order valence-corrected chi connectivity index (χ4v) is 4.30. The molecule has 1 aliphatic rings. The van der Waals surface area contributed by atoms with Crippen molar-refractivity contribution in [2.75, 3.05) is 18.1 Å². The van der Waals surface area contributed by atoms with Crippen LogP contribution in [0.15, 0.2) is 47.4 Å². The highest BCUT2D eigenvalue weighted by Crippen LogP contribution is 2.25. The Kier molecular flexibility index (Phi) is 5.53. The molecule has 0 bridgehead atoms. The number of sulfonamides is 1. The van der Waals surface area contributed by atoms with E-state index >= 15 is 0 Å². The summed E-state index contributed by atoms with van der Waals surface area (Å²) in [6, 6.07) is 11.2. The van der Waals surface area contributed by atoms with Crippen LogP contribution in [0.25, 0.3) is 0 Å². The number of anilines is 1. The van der Waals surface area contributed by atoms with E-state index in [0.29, 0.717) is 25.3 Å². The highest BCUT2D eigenvalue weighted by Gasteiger charge is 2.35. The fraction of sp³-hybridized carbons (Fsp3) is 0.350. The number of aryl methyl sites for hydroxylation is 2. The molecule has 2 aromatic carbocycles. The summed E-state index contributed by atoms with van der Waals surface area (Å²) in [7, 11) is -3.78. The Labute approximate surface area is 160 Å². The zero-order chi connectivity index (χ0) is 19.6. The first-order valence-corrected chi connectivity index (χ1v) is 10.4. The summed E-state index contributed by atoms with van der Waals surface area (Å²) in [5, 5.41) is 0.